The third kappa shape index (κ3) is 5.27. The van der Waals surface area contributed by atoms with Crippen molar-refractivity contribution in [2.24, 2.45) is 0 Å². The molecule has 1 aliphatic carbocycles. The first kappa shape index (κ1) is 24.2. The van der Waals surface area contributed by atoms with E-state index < -0.39 is 17.4 Å². The predicted molar refractivity (Wildman–Crippen MR) is 133 cm³/mol. The van der Waals surface area contributed by atoms with Crippen molar-refractivity contribution in [2.45, 2.75) is 38.6 Å². The van der Waals surface area contributed by atoms with Gasteiger partial charge >= 0.3 is 5.97 Å². The van der Waals surface area contributed by atoms with E-state index in [1.54, 1.807) is 18.2 Å². The molecule has 0 saturated carbocycles. The highest BCUT2D eigenvalue weighted by Gasteiger charge is 2.46. The van der Waals surface area contributed by atoms with Crippen LogP contribution in [0.15, 0.2) is 66.7 Å². The Kier molecular flexibility index (Phi) is 7.01. The van der Waals surface area contributed by atoms with Crippen LogP contribution in [-0.2, 0) is 28.8 Å². The molecular formula is C29H29NO5. The molecule has 0 unspecified atom stereocenters. The van der Waals surface area contributed by atoms with Crippen LogP contribution >= 0.6 is 0 Å². The van der Waals surface area contributed by atoms with Crippen LogP contribution in [0.5, 0.6) is 5.75 Å². The van der Waals surface area contributed by atoms with Gasteiger partial charge in [-0.3, -0.25) is 9.59 Å². The molecule has 180 valence electrons. The fourth-order valence-corrected chi connectivity index (χ4v) is 4.60. The molecule has 0 aliphatic heterocycles. The Labute approximate surface area is 205 Å². The SMILES string of the molecule is COC(=O)C1(NC(=O)c2ccc(C(C)=O)c(OCCc3cccc(C)c3)c2)Cc2ccccc2C1. The number of amides is 1. The molecule has 4 rings (SSSR count). The molecule has 0 aromatic heterocycles. The number of aryl methyl sites for hydroxylation is 1. The quantitative estimate of drug-likeness (QED) is 0.392. The van der Waals surface area contributed by atoms with Gasteiger partial charge < -0.3 is 14.8 Å². The van der Waals surface area contributed by atoms with Gasteiger partial charge in [0.2, 0.25) is 0 Å². The maximum Gasteiger partial charge on any atom is 0.332 e. The minimum atomic E-state index is -1.18. The molecule has 1 aliphatic rings. The largest absolute Gasteiger partial charge is 0.492 e. The summed E-state index contributed by atoms with van der Waals surface area (Å²) in [6, 6.07) is 20.6. The van der Waals surface area contributed by atoms with Gasteiger partial charge in [-0.15, -0.1) is 0 Å². The van der Waals surface area contributed by atoms with E-state index in [1.165, 1.54) is 19.6 Å². The van der Waals surface area contributed by atoms with Crippen LogP contribution in [0.4, 0.5) is 0 Å². The number of hydrogen-bond acceptors (Lipinski definition) is 5. The molecule has 6 nitrogen and oxygen atoms in total. The minimum Gasteiger partial charge on any atom is -0.492 e. The van der Waals surface area contributed by atoms with Crippen molar-refractivity contribution in [3.8, 4) is 5.75 Å². The Morgan fingerprint density at radius 1 is 0.943 bits per heavy atom. The van der Waals surface area contributed by atoms with E-state index in [1.807, 2.05) is 49.4 Å². The highest BCUT2D eigenvalue weighted by molar-refractivity contribution is 6.02. The molecule has 1 amide bonds. The van der Waals surface area contributed by atoms with Crippen molar-refractivity contribution < 1.29 is 23.9 Å². The number of hydrogen-bond donors (Lipinski definition) is 1. The molecule has 1 N–H and O–H groups in total. The van der Waals surface area contributed by atoms with Crippen LogP contribution in [0.1, 0.15) is 49.9 Å². The van der Waals surface area contributed by atoms with Gasteiger partial charge in [-0.2, -0.15) is 0 Å². The van der Waals surface area contributed by atoms with Crippen molar-refractivity contribution >= 4 is 17.7 Å². The van der Waals surface area contributed by atoms with E-state index in [0.717, 1.165) is 16.7 Å². The molecule has 0 atom stereocenters. The second kappa shape index (κ2) is 10.1. The standard InChI is InChI=1S/C29H29NO5/c1-19-7-6-8-21(15-19)13-14-35-26-16-22(11-12-25(26)20(2)31)27(32)30-29(28(33)34-3)17-23-9-4-5-10-24(23)18-29/h4-12,15-16H,13-14,17-18H2,1-3H3,(H,30,32). The van der Waals surface area contributed by atoms with Crippen molar-refractivity contribution in [1.29, 1.82) is 0 Å². The first-order valence-electron chi connectivity index (χ1n) is 11.6. The number of rotatable bonds is 8. The van der Waals surface area contributed by atoms with Gasteiger partial charge in [0.25, 0.3) is 5.91 Å². The van der Waals surface area contributed by atoms with E-state index in [4.69, 9.17) is 9.47 Å². The predicted octanol–water partition coefficient (Wildman–Crippen LogP) is 4.26. The molecule has 35 heavy (non-hydrogen) atoms. The number of nitrogens with one attached hydrogen (secondary N) is 1. The van der Waals surface area contributed by atoms with E-state index in [0.29, 0.717) is 42.7 Å². The molecule has 0 fully saturated rings. The molecule has 0 bridgehead atoms. The average Bonchev–Trinajstić information content (AvgIpc) is 3.22. The summed E-state index contributed by atoms with van der Waals surface area (Å²) in [7, 11) is 1.32. The van der Waals surface area contributed by atoms with Crippen molar-refractivity contribution in [3.63, 3.8) is 0 Å². The zero-order chi connectivity index (χ0) is 25.0. The molecule has 6 heteroatoms. The Morgan fingerprint density at radius 2 is 1.66 bits per heavy atom. The Balaban J connectivity index is 1.54. The zero-order valence-corrected chi connectivity index (χ0v) is 20.2. The lowest BCUT2D eigenvalue weighted by molar-refractivity contribution is -0.147. The third-order valence-corrected chi connectivity index (χ3v) is 6.39. The fraction of sp³-hybridized carbons (Fsp3) is 0.276. The number of ether oxygens (including phenoxy) is 2. The minimum absolute atomic E-state index is 0.153. The summed E-state index contributed by atoms with van der Waals surface area (Å²) in [6.07, 6.45) is 1.37. The van der Waals surface area contributed by atoms with Crippen LogP contribution in [0.2, 0.25) is 0 Å². The van der Waals surface area contributed by atoms with Crippen molar-refractivity contribution in [3.05, 3.63) is 100 Å². The third-order valence-electron chi connectivity index (χ3n) is 6.39. The summed E-state index contributed by atoms with van der Waals surface area (Å²) in [6.45, 7) is 3.85. The molecule has 0 spiro atoms. The Hall–Kier alpha value is -3.93. The molecular weight excluding hydrogens is 442 g/mol. The second-order valence-electron chi connectivity index (χ2n) is 9.00. The van der Waals surface area contributed by atoms with Gasteiger partial charge in [0, 0.05) is 24.8 Å². The second-order valence-corrected chi connectivity index (χ2v) is 9.00. The van der Waals surface area contributed by atoms with Crippen LogP contribution in [-0.4, -0.2) is 36.9 Å². The maximum absolute atomic E-state index is 13.3. The number of methoxy groups -OCH3 is 1. The first-order valence-corrected chi connectivity index (χ1v) is 11.6. The summed E-state index contributed by atoms with van der Waals surface area (Å²) in [5.41, 5.74) is 3.83. The summed E-state index contributed by atoms with van der Waals surface area (Å²) < 4.78 is 11.0. The maximum atomic E-state index is 13.3. The number of benzene rings is 3. The van der Waals surface area contributed by atoms with Crippen LogP contribution in [0, 0.1) is 6.92 Å². The van der Waals surface area contributed by atoms with Gasteiger partial charge in [0.15, 0.2) is 5.78 Å². The van der Waals surface area contributed by atoms with Crippen LogP contribution < -0.4 is 10.1 Å². The van der Waals surface area contributed by atoms with E-state index in [2.05, 4.69) is 11.4 Å². The first-order chi connectivity index (χ1) is 16.8. The van der Waals surface area contributed by atoms with Gasteiger partial charge in [-0.1, -0.05) is 54.1 Å². The molecule has 3 aromatic rings. The normalized spacial score (nSPS) is 13.6. The fourth-order valence-electron chi connectivity index (χ4n) is 4.60. The van der Waals surface area contributed by atoms with E-state index >= 15 is 0 Å². The van der Waals surface area contributed by atoms with Crippen molar-refractivity contribution in [1.82, 2.24) is 5.32 Å². The Bertz CT molecular complexity index is 1250. The summed E-state index contributed by atoms with van der Waals surface area (Å²) in [5, 5.41) is 2.92. The topological polar surface area (TPSA) is 81.7 Å². The zero-order valence-electron chi connectivity index (χ0n) is 20.2. The van der Waals surface area contributed by atoms with E-state index in [9.17, 15) is 14.4 Å². The molecule has 0 radical (unpaired) electrons. The molecule has 0 saturated heterocycles. The van der Waals surface area contributed by atoms with E-state index in [-0.39, 0.29) is 5.78 Å². The van der Waals surface area contributed by atoms with Gasteiger partial charge in [0.1, 0.15) is 11.3 Å². The summed E-state index contributed by atoms with van der Waals surface area (Å²) in [4.78, 5) is 38.2. The number of fused-ring (bicyclic) bond motifs is 1. The number of carbonyl (C=O) groups is 3. The lowest BCUT2D eigenvalue weighted by Crippen LogP contribution is -2.56. The van der Waals surface area contributed by atoms with Crippen LogP contribution in [0.3, 0.4) is 0 Å². The van der Waals surface area contributed by atoms with Gasteiger partial charge in [-0.25, -0.2) is 4.79 Å². The van der Waals surface area contributed by atoms with Gasteiger partial charge in [0.05, 0.1) is 19.3 Å². The number of carbonyl (C=O) groups excluding carboxylic acids is 3. The summed E-state index contributed by atoms with van der Waals surface area (Å²) >= 11 is 0. The lowest BCUT2D eigenvalue weighted by Gasteiger charge is -2.27. The van der Waals surface area contributed by atoms with Gasteiger partial charge in [-0.05, 0) is 48.7 Å². The monoisotopic (exact) mass is 471 g/mol. The lowest BCUT2D eigenvalue weighted by atomic mass is 9.94. The van der Waals surface area contributed by atoms with Crippen molar-refractivity contribution in [2.75, 3.05) is 13.7 Å². The average molecular weight is 472 g/mol. The number of ketones is 1. The Morgan fingerprint density at radius 3 is 2.29 bits per heavy atom. The number of esters is 1. The molecule has 0 heterocycles. The highest BCUT2D eigenvalue weighted by Crippen LogP contribution is 2.32. The molecule has 3 aromatic carbocycles. The highest BCUT2D eigenvalue weighted by atomic mass is 16.5. The number of Topliss-reactive ketones (excluding diaryl/α,β-unsaturated/α-hetero) is 1. The smallest absolute Gasteiger partial charge is 0.332 e. The van der Waals surface area contributed by atoms with Crippen LogP contribution in [0.25, 0.3) is 0 Å². The summed E-state index contributed by atoms with van der Waals surface area (Å²) in [5.74, 6) is -0.724.